The van der Waals surface area contributed by atoms with Crippen LogP contribution in [0.25, 0.3) is 0 Å². The van der Waals surface area contributed by atoms with Crippen LogP contribution in [0.2, 0.25) is 0 Å². The lowest BCUT2D eigenvalue weighted by Gasteiger charge is -2.18. The number of hydrogen-bond acceptors (Lipinski definition) is 6. The SMILES string of the molecule is CCc1nc(C(N)=O)c(Nc2cccc(CCN)c2)nc1N(C)C.Cl. The molecule has 136 valence electrons. The molecule has 0 radical (unpaired) electrons. The molecule has 0 aliphatic heterocycles. The summed E-state index contributed by atoms with van der Waals surface area (Å²) in [6.45, 7) is 2.54. The van der Waals surface area contributed by atoms with Crippen molar-refractivity contribution in [2.75, 3.05) is 30.9 Å². The molecule has 7 nitrogen and oxygen atoms in total. The van der Waals surface area contributed by atoms with Gasteiger partial charge in [-0.05, 0) is 37.1 Å². The number of halogens is 1. The Labute approximate surface area is 154 Å². The minimum atomic E-state index is -0.608. The van der Waals surface area contributed by atoms with Crippen LogP contribution in [0.15, 0.2) is 24.3 Å². The predicted octanol–water partition coefficient (Wildman–Crippen LogP) is 1.87. The van der Waals surface area contributed by atoms with E-state index in [4.69, 9.17) is 11.5 Å². The second-order valence-corrected chi connectivity index (χ2v) is 5.67. The number of nitrogens with zero attached hydrogens (tertiary/aromatic N) is 3. The molecule has 5 N–H and O–H groups in total. The molecular weight excluding hydrogens is 340 g/mol. The maximum absolute atomic E-state index is 11.8. The highest BCUT2D eigenvalue weighted by molar-refractivity contribution is 5.96. The van der Waals surface area contributed by atoms with Gasteiger partial charge in [-0.2, -0.15) is 0 Å². The van der Waals surface area contributed by atoms with Gasteiger partial charge in [-0.25, -0.2) is 9.97 Å². The largest absolute Gasteiger partial charge is 0.364 e. The van der Waals surface area contributed by atoms with Crippen LogP contribution in [0.1, 0.15) is 28.7 Å². The van der Waals surface area contributed by atoms with E-state index in [1.165, 1.54) is 0 Å². The van der Waals surface area contributed by atoms with Crippen molar-refractivity contribution in [1.82, 2.24) is 9.97 Å². The number of nitrogens with one attached hydrogen (secondary N) is 1. The number of anilines is 3. The van der Waals surface area contributed by atoms with Gasteiger partial charge in [-0.1, -0.05) is 19.1 Å². The van der Waals surface area contributed by atoms with Gasteiger partial charge in [0, 0.05) is 19.8 Å². The van der Waals surface area contributed by atoms with Crippen molar-refractivity contribution in [2.45, 2.75) is 19.8 Å². The average Bonchev–Trinajstić information content (AvgIpc) is 2.54. The van der Waals surface area contributed by atoms with Crippen LogP contribution in [0.5, 0.6) is 0 Å². The number of primary amides is 1. The van der Waals surface area contributed by atoms with E-state index in [0.717, 1.165) is 23.4 Å². The maximum atomic E-state index is 11.8. The summed E-state index contributed by atoms with van der Waals surface area (Å²) in [4.78, 5) is 22.6. The standard InChI is InChI=1S/C17H24N6O.ClH/c1-4-13-17(23(2)3)22-16(14(21-13)15(19)24)20-12-7-5-6-11(10-12)8-9-18;/h5-7,10H,4,8-9,18H2,1-3H3,(H2,19,24)(H,20,22);1H. The lowest BCUT2D eigenvalue weighted by molar-refractivity contribution is 0.0996. The van der Waals surface area contributed by atoms with Crippen LogP contribution in [0, 0.1) is 0 Å². The second-order valence-electron chi connectivity index (χ2n) is 5.67. The summed E-state index contributed by atoms with van der Waals surface area (Å²) in [6.07, 6.45) is 1.44. The van der Waals surface area contributed by atoms with Gasteiger partial charge in [0.05, 0.1) is 5.69 Å². The van der Waals surface area contributed by atoms with Crippen molar-refractivity contribution in [3.8, 4) is 0 Å². The number of carbonyl (C=O) groups is 1. The summed E-state index contributed by atoms with van der Waals surface area (Å²) in [5, 5.41) is 3.16. The molecular formula is C17H25ClN6O. The molecule has 0 fully saturated rings. The Balaban J connectivity index is 0.00000312. The Kier molecular flexibility index (Phi) is 7.60. The first kappa shape index (κ1) is 20.7. The summed E-state index contributed by atoms with van der Waals surface area (Å²) in [5.41, 5.74) is 13.9. The molecule has 1 aromatic carbocycles. The highest BCUT2D eigenvalue weighted by atomic mass is 35.5. The van der Waals surface area contributed by atoms with E-state index in [1.807, 2.05) is 50.2 Å². The maximum Gasteiger partial charge on any atom is 0.271 e. The molecule has 2 aromatic rings. The molecule has 25 heavy (non-hydrogen) atoms. The van der Waals surface area contributed by atoms with E-state index >= 15 is 0 Å². The molecule has 0 atom stereocenters. The summed E-state index contributed by atoms with van der Waals surface area (Å²) in [5.74, 6) is 0.458. The molecule has 0 spiro atoms. The van der Waals surface area contributed by atoms with Crippen LogP contribution in [-0.2, 0) is 12.8 Å². The quantitative estimate of drug-likeness (QED) is 0.691. The minimum Gasteiger partial charge on any atom is -0.364 e. The van der Waals surface area contributed by atoms with Gasteiger partial charge < -0.3 is 21.7 Å². The van der Waals surface area contributed by atoms with Crippen LogP contribution < -0.4 is 21.7 Å². The highest BCUT2D eigenvalue weighted by Crippen LogP contribution is 2.24. The van der Waals surface area contributed by atoms with Crippen molar-refractivity contribution in [3.63, 3.8) is 0 Å². The summed E-state index contributed by atoms with van der Waals surface area (Å²) in [6, 6.07) is 7.81. The zero-order chi connectivity index (χ0) is 17.7. The fourth-order valence-corrected chi connectivity index (χ4v) is 2.42. The van der Waals surface area contributed by atoms with Gasteiger partial charge in [-0.3, -0.25) is 4.79 Å². The number of carbonyl (C=O) groups excluding carboxylic acids is 1. The topological polar surface area (TPSA) is 110 Å². The first-order valence-electron chi connectivity index (χ1n) is 7.90. The first-order valence-corrected chi connectivity index (χ1v) is 7.90. The molecule has 0 saturated heterocycles. The van der Waals surface area contributed by atoms with Gasteiger partial charge in [0.2, 0.25) is 0 Å². The molecule has 1 amide bonds. The lowest BCUT2D eigenvalue weighted by atomic mass is 10.1. The predicted molar refractivity (Wildman–Crippen MR) is 104 cm³/mol. The van der Waals surface area contributed by atoms with Crippen molar-refractivity contribution >= 4 is 35.6 Å². The fourth-order valence-electron chi connectivity index (χ4n) is 2.42. The van der Waals surface area contributed by atoms with Gasteiger partial charge in [0.1, 0.15) is 0 Å². The summed E-state index contributed by atoms with van der Waals surface area (Å²) in [7, 11) is 3.78. The molecule has 0 aliphatic rings. The van der Waals surface area contributed by atoms with Gasteiger partial charge in [-0.15, -0.1) is 12.4 Å². The molecule has 8 heteroatoms. The third kappa shape index (κ3) is 5.04. The second kappa shape index (κ2) is 9.19. The van der Waals surface area contributed by atoms with E-state index in [-0.39, 0.29) is 18.1 Å². The van der Waals surface area contributed by atoms with Crippen LogP contribution in [-0.4, -0.2) is 36.5 Å². The molecule has 0 bridgehead atoms. The van der Waals surface area contributed by atoms with E-state index in [2.05, 4.69) is 15.3 Å². The average molecular weight is 365 g/mol. The zero-order valence-corrected chi connectivity index (χ0v) is 15.6. The lowest BCUT2D eigenvalue weighted by Crippen LogP contribution is -2.21. The highest BCUT2D eigenvalue weighted by Gasteiger charge is 2.18. The summed E-state index contributed by atoms with van der Waals surface area (Å²) >= 11 is 0. The monoisotopic (exact) mass is 364 g/mol. The van der Waals surface area contributed by atoms with Crippen molar-refractivity contribution < 1.29 is 4.79 Å². The molecule has 1 aromatic heterocycles. The first-order chi connectivity index (χ1) is 11.5. The van der Waals surface area contributed by atoms with Gasteiger partial charge >= 0.3 is 0 Å². The Hall–Kier alpha value is -2.38. The zero-order valence-electron chi connectivity index (χ0n) is 14.7. The number of aryl methyl sites for hydroxylation is 1. The van der Waals surface area contributed by atoms with Crippen molar-refractivity contribution in [1.29, 1.82) is 0 Å². The Morgan fingerprint density at radius 2 is 2.00 bits per heavy atom. The summed E-state index contributed by atoms with van der Waals surface area (Å²) < 4.78 is 0. The molecule has 0 saturated carbocycles. The third-order valence-corrected chi connectivity index (χ3v) is 3.56. The van der Waals surface area contributed by atoms with Crippen LogP contribution in [0.4, 0.5) is 17.3 Å². The number of aromatic nitrogens is 2. The van der Waals surface area contributed by atoms with E-state index in [1.54, 1.807) is 0 Å². The van der Waals surface area contributed by atoms with E-state index < -0.39 is 5.91 Å². The van der Waals surface area contributed by atoms with Crippen molar-refractivity contribution in [2.24, 2.45) is 11.5 Å². The smallest absolute Gasteiger partial charge is 0.271 e. The van der Waals surface area contributed by atoms with Gasteiger partial charge in [0.25, 0.3) is 5.91 Å². The molecule has 1 heterocycles. The van der Waals surface area contributed by atoms with E-state index in [9.17, 15) is 4.79 Å². The number of nitrogens with two attached hydrogens (primary N) is 2. The van der Waals surface area contributed by atoms with Crippen molar-refractivity contribution in [3.05, 3.63) is 41.2 Å². The Bertz CT molecular complexity index is 735. The minimum absolute atomic E-state index is 0. The third-order valence-electron chi connectivity index (χ3n) is 3.56. The fraction of sp³-hybridized carbons (Fsp3) is 0.353. The Morgan fingerprint density at radius 3 is 2.56 bits per heavy atom. The normalized spacial score (nSPS) is 10.1. The van der Waals surface area contributed by atoms with Crippen LogP contribution >= 0.6 is 12.4 Å². The number of amides is 1. The number of benzene rings is 1. The number of hydrogen-bond donors (Lipinski definition) is 3. The van der Waals surface area contributed by atoms with E-state index in [0.29, 0.717) is 24.6 Å². The number of rotatable bonds is 7. The molecule has 2 rings (SSSR count). The Morgan fingerprint density at radius 1 is 1.28 bits per heavy atom. The molecule has 0 unspecified atom stereocenters. The molecule has 0 aliphatic carbocycles. The van der Waals surface area contributed by atoms with Gasteiger partial charge in [0.15, 0.2) is 17.3 Å². The van der Waals surface area contributed by atoms with Crippen LogP contribution in [0.3, 0.4) is 0 Å².